The van der Waals surface area contributed by atoms with Crippen LogP contribution in [0.4, 0.5) is 4.79 Å². The van der Waals surface area contributed by atoms with Gasteiger partial charge in [0.15, 0.2) is 11.5 Å². The van der Waals surface area contributed by atoms with Crippen molar-refractivity contribution in [3.8, 4) is 11.5 Å². The molecule has 3 rings (SSSR count). The Kier molecular flexibility index (Phi) is 7.02. The maximum Gasteiger partial charge on any atom is 0.326 e. The number of hydrogen-bond acceptors (Lipinski definition) is 5. The molecule has 0 aliphatic carbocycles. The van der Waals surface area contributed by atoms with Crippen molar-refractivity contribution in [1.29, 1.82) is 0 Å². The third-order valence-corrected chi connectivity index (χ3v) is 5.23. The van der Waals surface area contributed by atoms with Gasteiger partial charge in [0, 0.05) is 6.54 Å². The van der Waals surface area contributed by atoms with Crippen molar-refractivity contribution < 1.29 is 29.0 Å². The molecule has 0 radical (unpaired) electrons. The van der Waals surface area contributed by atoms with Crippen molar-refractivity contribution >= 4 is 17.9 Å². The van der Waals surface area contributed by atoms with E-state index in [-0.39, 0.29) is 24.4 Å². The number of fused-ring (bicyclic) bond motifs is 1. The number of aliphatic carboxylic acids is 1. The Morgan fingerprint density at radius 3 is 2.63 bits per heavy atom. The Morgan fingerprint density at radius 1 is 1.20 bits per heavy atom. The minimum Gasteiger partial charge on any atom is -0.486 e. The van der Waals surface area contributed by atoms with Crippen LogP contribution in [0.15, 0.2) is 18.2 Å². The lowest BCUT2D eigenvalue weighted by Gasteiger charge is -2.27. The van der Waals surface area contributed by atoms with Crippen LogP contribution in [0.3, 0.4) is 0 Å². The van der Waals surface area contributed by atoms with Crippen LogP contribution < -0.4 is 20.1 Å². The number of hydrogen-bond donors (Lipinski definition) is 3. The average Bonchev–Trinajstić information content (AvgIpc) is 3.20. The number of carbonyl (C=O) groups excluding carboxylic acids is 2. The second-order valence-electron chi connectivity index (χ2n) is 8.00. The lowest BCUT2D eigenvalue weighted by Crippen LogP contribution is -2.49. The van der Waals surface area contributed by atoms with Crippen LogP contribution in [0.1, 0.15) is 44.7 Å². The molecule has 9 heteroatoms. The predicted molar refractivity (Wildman–Crippen MR) is 109 cm³/mol. The minimum absolute atomic E-state index is 0.0918. The Balaban J connectivity index is 1.57. The number of carboxylic acid groups (broad SMARTS) is 1. The number of nitrogens with zero attached hydrogens (tertiary/aromatic N) is 1. The molecular weight excluding hydrogens is 390 g/mol. The monoisotopic (exact) mass is 419 g/mol. The smallest absolute Gasteiger partial charge is 0.326 e. The summed E-state index contributed by atoms with van der Waals surface area (Å²) >= 11 is 0. The summed E-state index contributed by atoms with van der Waals surface area (Å²) in [5.41, 5.74) is 0.970. The molecule has 1 aromatic carbocycles. The van der Waals surface area contributed by atoms with Gasteiger partial charge in [-0.05, 0) is 42.9 Å². The normalized spacial score (nSPS) is 18.8. The van der Waals surface area contributed by atoms with E-state index in [9.17, 15) is 19.5 Å². The number of likely N-dealkylation sites (tertiary alicyclic amines) is 1. The molecule has 0 spiro atoms. The van der Waals surface area contributed by atoms with E-state index in [1.54, 1.807) is 4.90 Å². The zero-order chi connectivity index (χ0) is 21.7. The third-order valence-electron chi connectivity index (χ3n) is 5.23. The van der Waals surface area contributed by atoms with Crippen LogP contribution in [0.2, 0.25) is 0 Å². The summed E-state index contributed by atoms with van der Waals surface area (Å²) in [6.07, 6.45) is 2.01. The standard InChI is InChI=1S/C21H29N3O6/c1-13(2)10-15(20(26)27)23-21(28)22-12-19(25)24-7-3-4-16(24)14-5-6-17-18(11-14)30-9-8-29-17/h5-6,11,13,15-16H,3-4,7-10,12H2,1-2H3,(H,26,27)(H2,22,23,28)/t15-,16+/m1/s1. The first-order valence-electron chi connectivity index (χ1n) is 10.3. The van der Waals surface area contributed by atoms with Gasteiger partial charge in [-0.1, -0.05) is 19.9 Å². The average molecular weight is 419 g/mol. The fraction of sp³-hybridized carbons (Fsp3) is 0.571. The van der Waals surface area contributed by atoms with Crippen molar-refractivity contribution in [2.24, 2.45) is 5.92 Å². The van der Waals surface area contributed by atoms with E-state index in [4.69, 9.17) is 9.47 Å². The lowest BCUT2D eigenvalue weighted by atomic mass is 10.0. The van der Waals surface area contributed by atoms with E-state index < -0.39 is 18.0 Å². The molecule has 1 fully saturated rings. The summed E-state index contributed by atoms with van der Waals surface area (Å²) in [5.74, 6) is 0.195. The second kappa shape index (κ2) is 9.69. The van der Waals surface area contributed by atoms with Crippen LogP contribution >= 0.6 is 0 Å². The van der Waals surface area contributed by atoms with E-state index in [0.29, 0.717) is 37.7 Å². The predicted octanol–water partition coefficient (Wildman–Crippen LogP) is 1.92. The first kappa shape index (κ1) is 21.7. The molecule has 2 atom stereocenters. The molecular formula is C21H29N3O6. The zero-order valence-electron chi connectivity index (χ0n) is 17.3. The number of amides is 3. The highest BCUT2D eigenvalue weighted by atomic mass is 16.6. The van der Waals surface area contributed by atoms with Crippen molar-refractivity contribution in [2.45, 2.75) is 45.2 Å². The van der Waals surface area contributed by atoms with Crippen LogP contribution in [0, 0.1) is 5.92 Å². The molecule has 2 aliphatic rings. The van der Waals surface area contributed by atoms with Gasteiger partial charge in [-0.25, -0.2) is 9.59 Å². The van der Waals surface area contributed by atoms with Gasteiger partial charge < -0.3 is 30.1 Å². The van der Waals surface area contributed by atoms with E-state index in [1.807, 2.05) is 32.0 Å². The van der Waals surface area contributed by atoms with Gasteiger partial charge in [0.25, 0.3) is 0 Å². The van der Waals surface area contributed by atoms with Gasteiger partial charge in [-0.2, -0.15) is 0 Å². The number of urea groups is 1. The van der Waals surface area contributed by atoms with Gasteiger partial charge in [-0.15, -0.1) is 0 Å². The summed E-state index contributed by atoms with van der Waals surface area (Å²) < 4.78 is 11.2. The molecule has 0 aromatic heterocycles. The summed E-state index contributed by atoms with van der Waals surface area (Å²) in [7, 11) is 0. The molecule has 0 unspecified atom stereocenters. The molecule has 9 nitrogen and oxygen atoms in total. The summed E-state index contributed by atoms with van der Waals surface area (Å²) in [6.45, 7) is 5.19. The molecule has 164 valence electrons. The number of benzene rings is 1. The Hall–Kier alpha value is -2.97. The van der Waals surface area contributed by atoms with E-state index in [0.717, 1.165) is 18.4 Å². The quantitative estimate of drug-likeness (QED) is 0.622. The number of ether oxygens (including phenoxy) is 2. The Morgan fingerprint density at radius 2 is 1.93 bits per heavy atom. The van der Waals surface area contributed by atoms with Gasteiger partial charge in [0.1, 0.15) is 19.3 Å². The molecule has 2 heterocycles. The van der Waals surface area contributed by atoms with Gasteiger partial charge in [0.05, 0.1) is 12.6 Å². The molecule has 3 amide bonds. The first-order valence-corrected chi connectivity index (χ1v) is 10.3. The van der Waals surface area contributed by atoms with E-state index in [1.165, 1.54) is 0 Å². The third kappa shape index (κ3) is 5.34. The zero-order valence-corrected chi connectivity index (χ0v) is 17.3. The Bertz CT molecular complexity index is 797. The van der Waals surface area contributed by atoms with Crippen LogP contribution in [-0.4, -0.2) is 60.3 Å². The van der Waals surface area contributed by atoms with Crippen LogP contribution in [-0.2, 0) is 9.59 Å². The van der Waals surface area contributed by atoms with E-state index in [2.05, 4.69) is 10.6 Å². The van der Waals surface area contributed by atoms with Gasteiger partial charge in [-0.3, -0.25) is 4.79 Å². The topological polar surface area (TPSA) is 117 Å². The highest BCUT2D eigenvalue weighted by molar-refractivity contribution is 5.86. The summed E-state index contributed by atoms with van der Waals surface area (Å²) in [5, 5.41) is 14.1. The van der Waals surface area contributed by atoms with Crippen molar-refractivity contribution in [3.05, 3.63) is 23.8 Å². The minimum atomic E-state index is -1.09. The van der Waals surface area contributed by atoms with E-state index >= 15 is 0 Å². The fourth-order valence-corrected chi connectivity index (χ4v) is 3.84. The van der Waals surface area contributed by atoms with Gasteiger partial charge in [0.2, 0.25) is 5.91 Å². The van der Waals surface area contributed by atoms with Gasteiger partial charge >= 0.3 is 12.0 Å². The number of carbonyl (C=O) groups is 3. The summed E-state index contributed by atoms with van der Waals surface area (Å²) in [6, 6.07) is 3.97. The van der Waals surface area contributed by atoms with Crippen LogP contribution in [0.25, 0.3) is 0 Å². The number of carboxylic acids is 1. The highest BCUT2D eigenvalue weighted by Crippen LogP contribution is 2.38. The SMILES string of the molecule is CC(C)C[C@@H](NC(=O)NCC(=O)N1CCC[C@H]1c1ccc2c(c1)OCCO2)C(=O)O. The molecule has 0 bridgehead atoms. The largest absolute Gasteiger partial charge is 0.486 e. The first-order chi connectivity index (χ1) is 14.3. The molecule has 1 saturated heterocycles. The molecule has 0 saturated carbocycles. The van der Waals surface area contributed by atoms with Crippen molar-refractivity contribution in [2.75, 3.05) is 26.3 Å². The molecule has 3 N–H and O–H groups in total. The second-order valence-corrected chi connectivity index (χ2v) is 8.00. The maximum absolute atomic E-state index is 12.7. The number of nitrogens with one attached hydrogen (secondary N) is 2. The molecule has 1 aromatic rings. The lowest BCUT2D eigenvalue weighted by molar-refractivity contribution is -0.139. The van der Waals surface area contributed by atoms with Crippen molar-refractivity contribution in [1.82, 2.24) is 15.5 Å². The van der Waals surface area contributed by atoms with Crippen LogP contribution in [0.5, 0.6) is 11.5 Å². The highest BCUT2D eigenvalue weighted by Gasteiger charge is 2.31. The Labute approximate surface area is 175 Å². The van der Waals surface area contributed by atoms with Crippen molar-refractivity contribution in [3.63, 3.8) is 0 Å². The molecule has 30 heavy (non-hydrogen) atoms. The molecule has 2 aliphatic heterocycles. The fourth-order valence-electron chi connectivity index (χ4n) is 3.84. The number of rotatable bonds is 7. The summed E-state index contributed by atoms with van der Waals surface area (Å²) in [4.78, 5) is 37.8. The maximum atomic E-state index is 12.7.